The van der Waals surface area contributed by atoms with Gasteiger partial charge >= 0.3 is 0 Å². The highest BCUT2D eigenvalue weighted by Crippen LogP contribution is 2.43. The Bertz CT molecular complexity index is 3550. The average molecular weight is 774 g/mol. The van der Waals surface area contributed by atoms with Crippen LogP contribution in [0.3, 0.4) is 0 Å². The Morgan fingerprint density at radius 1 is 0.407 bits per heavy atom. The second kappa shape index (κ2) is 13.4. The van der Waals surface area contributed by atoms with Gasteiger partial charge in [0.15, 0.2) is 23.1 Å². The van der Waals surface area contributed by atoms with Crippen LogP contribution in [0.25, 0.3) is 116 Å². The molecule has 0 aliphatic heterocycles. The molecule has 59 heavy (non-hydrogen) atoms. The van der Waals surface area contributed by atoms with Crippen molar-refractivity contribution >= 4 is 64.4 Å². The lowest BCUT2D eigenvalue weighted by Gasteiger charge is -2.11. The number of oxazole rings is 1. The maximum Gasteiger partial charge on any atom is 0.227 e. The maximum absolute atomic E-state index is 6.27. The second-order valence-corrected chi connectivity index (χ2v) is 15.7. The molecule has 8 aromatic carbocycles. The third kappa shape index (κ3) is 5.55. The van der Waals surface area contributed by atoms with Gasteiger partial charge in [-0.2, -0.15) is 0 Å². The molecule has 0 N–H and O–H groups in total. The first-order valence-corrected chi connectivity index (χ1v) is 20.4. The summed E-state index contributed by atoms with van der Waals surface area (Å²) in [5, 5.41) is 4.52. The number of hydrogen-bond donors (Lipinski definition) is 0. The molecule has 0 saturated carbocycles. The van der Waals surface area contributed by atoms with E-state index in [2.05, 4.69) is 138 Å². The lowest BCUT2D eigenvalue weighted by Crippen LogP contribution is -2.01. The summed E-state index contributed by atoms with van der Waals surface area (Å²) in [7, 11) is 0. The zero-order valence-electron chi connectivity index (χ0n) is 31.5. The number of thiophene rings is 1. The molecule has 0 aliphatic carbocycles. The van der Waals surface area contributed by atoms with Crippen molar-refractivity contribution in [3.63, 3.8) is 0 Å². The van der Waals surface area contributed by atoms with E-state index in [-0.39, 0.29) is 0 Å². The summed E-state index contributed by atoms with van der Waals surface area (Å²) in [6.45, 7) is 0. The molecule has 0 radical (unpaired) electrons. The van der Waals surface area contributed by atoms with Crippen molar-refractivity contribution in [2.45, 2.75) is 0 Å². The molecule has 0 unspecified atom stereocenters. The minimum absolute atomic E-state index is 0.617. The van der Waals surface area contributed by atoms with Gasteiger partial charge in [-0.15, -0.1) is 11.3 Å². The fourth-order valence-electron chi connectivity index (χ4n) is 8.40. The highest BCUT2D eigenvalue weighted by Gasteiger charge is 2.21. The molecular formula is C52H31N5OS. The van der Waals surface area contributed by atoms with Gasteiger partial charge in [0.25, 0.3) is 0 Å². The van der Waals surface area contributed by atoms with E-state index in [0.717, 1.165) is 82.7 Å². The van der Waals surface area contributed by atoms with Gasteiger partial charge in [-0.25, -0.2) is 19.9 Å². The van der Waals surface area contributed by atoms with Crippen molar-refractivity contribution in [1.82, 2.24) is 24.5 Å². The number of hydrogen-bond acceptors (Lipinski definition) is 6. The molecule has 0 atom stereocenters. The predicted molar refractivity (Wildman–Crippen MR) is 242 cm³/mol. The minimum Gasteiger partial charge on any atom is -0.436 e. The van der Waals surface area contributed by atoms with E-state index in [4.69, 9.17) is 24.4 Å². The quantitative estimate of drug-likeness (QED) is 0.168. The van der Waals surface area contributed by atoms with Crippen LogP contribution in [0.2, 0.25) is 0 Å². The van der Waals surface area contributed by atoms with Crippen molar-refractivity contribution in [3.05, 3.63) is 188 Å². The Hall–Kier alpha value is -7.74. The van der Waals surface area contributed by atoms with Crippen molar-refractivity contribution in [2.75, 3.05) is 0 Å². The van der Waals surface area contributed by atoms with Crippen LogP contribution in [0.15, 0.2) is 192 Å². The van der Waals surface area contributed by atoms with Crippen LogP contribution in [-0.4, -0.2) is 24.5 Å². The molecule has 276 valence electrons. The highest BCUT2D eigenvalue weighted by molar-refractivity contribution is 7.26. The maximum atomic E-state index is 6.27. The van der Waals surface area contributed by atoms with Crippen molar-refractivity contribution < 1.29 is 4.42 Å². The first kappa shape index (κ1) is 33.4. The fraction of sp³-hybridized carbons (Fsp3) is 0. The van der Waals surface area contributed by atoms with E-state index >= 15 is 0 Å². The molecule has 4 heterocycles. The summed E-state index contributed by atoms with van der Waals surface area (Å²) < 4.78 is 11.0. The predicted octanol–water partition coefficient (Wildman–Crippen LogP) is 13.8. The zero-order chi connectivity index (χ0) is 38.9. The van der Waals surface area contributed by atoms with Crippen molar-refractivity contribution in [1.29, 1.82) is 0 Å². The van der Waals surface area contributed by atoms with E-state index in [9.17, 15) is 0 Å². The van der Waals surface area contributed by atoms with Gasteiger partial charge in [-0.3, -0.25) is 0 Å². The van der Waals surface area contributed by atoms with E-state index < -0.39 is 0 Å². The van der Waals surface area contributed by atoms with Crippen LogP contribution in [0.5, 0.6) is 0 Å². The first-order chi connectivity index (χ1) is 29.2. The number of rotatable bonds is 6. The van der Waals surface area contributed by atoms with Crippen molar-refractivity contribution in [3.8, 4) is 62.4 Å². The molecule has 0 fully saturated rings. The second-order valence-electron chi connectivity index (χ2n) is 14.6. The molecule has 12 aromatic rings. The summed E-state index contributed by atoms with van der Waals surface area (Å²) >= 11 is 1.78. The Labute approximate surface area is 342 Å². The fourth-order valence-corrected chi connectivity index (χ4v) is 9.51. The summed E-state index contributed by atoms with van der Waals surface area (Å²) in [6.07, 6.45) is 0. The average Bonchev–Trinajstić information content (AvgIpc) is 4.01. The summed E-state index contributed by atoms with van der Waals surface area (Å²) in [5.74, 6) is 2.50. The summed E-state index contributed by atoms with van der Waals surface area (Å²) in [4.78, 5) is 20.6. The van der Waals surface area contributed by atoms with E-state index in [1.54, 1.807) is 11.3 Å². The largest absolute Gasteiger partial charge is 0.436 e. The molecule has 4 aromatic heterocycles. The number of fused-ring (bicyclic) bond motifs is 7. The smallest absolute Gasteiger partial charge is 0.227 e. The van der Waals surface area contributed by atoms with Crippen LogP contribution >= 0.6 is 11.3 Å². The van der Waals surface area contributed by atoms with E-state index in [1.807, 2.05) is 54.6 Å². The zero-order valence-corrected chi connectivity index (χ0v) is 32.3. The van der Waals surface area contributed by atoms with Gasteiger partial charge in [0.2, 0.25) is 5.89 Å². The molecule has 0 saturated heterocycles. The Morgan fingerprint density at radius 2 is 1.03 bits per heavy atom. The molecule has 7 heteroatoms. The number of aromatic nitrogens is 5. The summed E-state index contributed by atoms with van der Waals surface area (Å²) in [6, 6.07) is 65.1. The SMILES string of the molecule is c1ccc(-c2nc(-c3cccc4sc5ccc(-c6ccc7nc(-c8ccccc8)oc7c6)cc5c34)nc(-c3cccc4c3c3ccccc3n4-c3ccccc3)n2)cc1. The standard InChI is InChI=1S/C52H31N5OS/c1-4-14-32(15-5-1)49-54-50(38-21-12-24-43-47(38)37-20-10-11-23-42(37)57(43)36-18-8-3-9-19-36)56-51(55-49)39-22-13-25-46-48(39)40-30-34(27-29-45(40)59-46)35-26-28-41-44(31-35)58-52(53-41)33-16-6-2-7-17-33/h1-31H. The third-order valence-corrected chi connectivity index (χ3v) is 12.2. The van der Waals surface area contributed by atoms with Crippen LogP contribution in [0, 0.1) is 0 Å². The van der Waals surface area contributed by atoms with E-state index in [1.165, 1.54) is 9.40 Å². The lowest BCUT2D eigenvalue weighted by atomic mass is 10.00. The number of nitrogens with zero attached hydrogens (tertiary/aromatic N) is 5. The molecule has 0 spiro atoms. The Morgan fingerprint density at radius 3 is 1.83 bits per heavy atom. The lowest BCUT2D eigenvalue weighted by molar-refractivity contribution is 0.620. The van der Waals surface area contributed by atoms with Gasteiger partial charge in [-0.1, -0.05) is 121 Å². The molecule has 0 aliphatic rings. The minimum atomic E-state index is 0.617. The Balaban J connectivity index is 1.05. The van der Waals surface area contributed by atoms with Gasteiger partial charge in [-0.05, 0) is 77.9 Å². The molecular weight excluding hydrogens is 743 g/mol. The Kier molecular flexibility index (Phi) is 7.61. The van der Waals surface area contributed by atoms with Crippen LogP contribution in [0.1, 0.15) is 0 Å². The molecule has 0 amide bonds. The van der Waals surface area contributed by atoms with Crippen LogP contribution in [-0.2, 0) is 0 Å². The normalized spacial score (nSPS) is 11.7. The van der Waals surface area contributed by atoms with E-state index in [0.29, 0.717) is 23.4 Å². The first-order valence-electron chi connectivity index (χ1n) is 19.5. The van der Waals surface area contributed by atoms with Gasteiger partial charge < -0.3 is 8.98 Å². The van der Waals surface area contributed by atoms with Crippen LogP contribution in [0.4, 0.5) is 0 Å². The number of para-hydroxylation sites is 2. The van der Waals surface area contributed by atoms with Gasteiger partial charge in [0.1, 0.15) is 5.52 Å². The third-order valence-electron chi connectivity index (χ3n) is 11.1. The highest BCUT2D eigenvalue weighted by atomic mass is 32.1. The molecule has 12 rings (SSSR count). The van der Waals surface area contributed by atoms with Gasteiger partial charge in [0, 0.05) is 58.9 Å². The topological polar surface area (TPSA) is 69.6 Å². The monoisotopic (exact) mass is 773 g/mol. The van der Waals surface area contributed by atoms with Gasteiger partial charge in [0.05, 0.1) is 11.0 Å². The molecule has 6 nitrogen and oxygen atoms in total. The van der Waals surface area contributed by atoms with Crippen molar-refractivity contribution in [2.24, 2.45) is 0 Å². The molecule has 0 bridgehead atoms. The number of benzene rings is 8. The summed E-state index contributed by atoms with van der Waals surface area (Å²) in [5.41, 5.74) is 10.9. The van der Waals surface area contributed by atoms with Crippen LogP contribution < -0.4 is 0 Å².